The molecule has 13 rings (SSSR count). The van der Waals surface area contributed by atoms with Crippen molar-refractivity contribution in [3.05, 3.63) is 224 Å². The number of hydrogen-bond acceptors (Lipinski definition) is 4. The molecule has 65 heavy (non-hydrogen) atoms. The van der Waals surface area contributed by atoms with Crippen LogP contribution >= 0.6 is 11.3 Å². The Kier molecular flexibility index (Phi) is 8.71. The highest BCUT2D eigenvalue weighted by molar-refractivity contribution is 7.26. The van der Waals surface area contributed by atoms with E-state index in [4.69, 9.17) is 15.0 Å². The highest BCUT2D eigenvalue weighted by Crippen LogP contribution is 2.43. The van der Waals surface area contributed by atoms with Crippen molar-refractivity contribution in [3.63, 3.8) is 0 Å². The molecule has 2 aromatic heterocycles. The van der Waals surface area contributed by atoms with Crippen LogP contribution in [-0.2, 0) is 0 Å². The standard InChI is InChI=1S/C61H37N3S/c1-2-16-39(17-3-1)56-37-43(36-41-19-6-7-20-44(41)56)46-32-34-54(50-24-11-9-22-48(46)50)60-62-59(63-61(64-60)55-27-14-26-52-51-25-12-13-28-57(51)65-58(52)55)53-33-31-45(47-21-8-10-23-49(47)53)42-30-29-38-15-4-5-18-40(38)35-42/h1-37H. The van der Waals surface area contributed by atoms with Crippen molar-refractivity contribution >= 4 is 74.6 Å². The summed E-state index contributed by atoms with van der Waals surface area (Å²) in [5.74, 6) is 1.93. The first-order chi connectivity index (χ1) is 32.2. The monoisotopic (exact) mass is 843 g/mol. The van der Waals surface area contributed by atoms with Crippen LogP contribution in [-0.4, -0.2) is 15.0 Å². The lowest BCUT2D eigenvalue weighted by atomic mass is 9.90. The van der Waals surface area contributed by atoms with Gasteiger partial charge in [0.2, 0.25) is 0 Å². The predicted octanol–water partition coefficient (Wildman–Crippen LogP) is 16.9. The van der Waals surface area contributed by atoms with Crippen LogP contribution < -0.4 is 0 Å². The minimum atomic E-state index is 0.636. The number of hydrogen-bond donors (Lipinski definition) is 0. The Morgan fingerprint density at radius 1 is 0.246 bits per heavy atom. The maximum Gasteiger partial charge on any atom is 0.165 e. The van der Waals surface area contributed by atoms with Crippen molar-refractivity contribution in [1.29, 1.82) is 0 Å². The number of nitrogens with zero attached hydrogens (tertiary/aromatic N) is 3. The van der Waals surface area contributed by atoms with Crippen LogP contribution in [0.4, 0.5) is 0 Å². The lowest BCUT2D eigenvalue weighted by Crippen LogP contribution is -2.01. The SMILES string of the molecule is c1ccc(-c2cc(-c3ccc(-c4nc(-c5ccc(-c6ccc7ccccc7c6)c6ccccc56)nc(-c5cccc6c5sc5ccccc56)n4)c4ccccc34)cc3ccccc23)cc1. The van der Waals surface area contributed by atoms with E-state index in [2.05, 4.69) is 224 Å². The molecule has 0 saturated carbocycles. The Balaban J connectivity index is 1.03. The summed E-state index contributed by atoms with van der Waals surface area (Å²) < 4.78 is 2.41. The molecule has 0 spiro atoms. The van der Waals surface area contributed by atoms with Gasteiger partial charge in [0.05, 0.1) is 0 Å². The van der Waals surface area contributed by atoms with Crippen molar-refractivity contribution in [1.82, 2.24) is 15.0 Å². The Bertz CT molecular complexity index is 4020. The zero-order chi connectivity index (χ0) is 42.8. The van der Waals surface area contributed by atoms with Crippen molar-refractivity contribution in [2.75, 3.05) is 0 Å². The van der Waals surface area contributed by atoms with E-state index in [1.54, 1.807) is 11.3 Å². The van der Waals surface area contributed by atoms with Crippen LogP contribution in [0.15, 0.2) is 224 Å². The fourth-order valence-electron chi connectivity index (χ4n) is 9.83. The molecule has 13 aromatic rings. The summed E-state index contributed by atoms with van der Waals surface area (Å²) in [5.41, 5.74) is 10.00. The van der Waals surface area contributed by atoms with Gasteiger partial charge in [-0.3, -0.25) is 0 Å². The molecular weight excluding hydrogens is 807 g/mol. The second-order valence-corrected chi connectivity index (χ2v) is 17.7. The summed E-state index contributed by atoms with van der Waals surface area (Å²) in [7, 11) is 0. The molecule has 0 unspecified atom stereocenters. The molecule has 0 saturated heterocycles. The molecule has 0 aliphatic heterocycles. The molecule has 0 radical (unpaired) electrons. The first kappa shape index (κ1) is 37.3. The highest BCUT2D eigenvalue weighted by Gasteiger charge is 2.21. The van der Waals surface area contributed by atoms with E-state index < -0.39 is 0 Å². The lowest BCUT2D eigenvalue weighted by molar-refractivity contribution is 1.08. The third-order valence-corrected chi connectivity index (χ3v) is 14.1. The number of rotatable bonds is 6. The molecular formula is C61H37N3S. The van der Waals surface area contributed by atoms with Crippen LogP contribution in [0.5, 0.6) is 0 Å². The minimum Gasteiger partial charge on any atom is -0.208 e. The molecule has 0 aliphatic carbocycles. The van der Waals surface area contributed by atoms with Crippen molar-refractivity contribution in [2.45, 2.75) is 0 Å². The van der Waals surface area contributed by atoms with E-state index in [1.165, 1.54) is 64.0 Å². The Labute approximate surface area is 379 Å². The van der Waals surface area contributed by atoms with Crippen LogP contribution in [0.1, 0.15) is 0 Å². The van der Waals surface area contributed by atoms with Crippen LogP contribution in [0.3, 0.4) is 0 Å². The van der Waals surface area contributed by atoms with Gasteiger partial charge in [-0.05, 0) is 119 Å². The van der Waals surface area contributed by atoms with E-state index in [1.807, 2.05) is 0 Å². The van der Waals surface area contributed by atoms with Gasteiger partial charge in [0.25, 0.3) is 0 Å². The van der Waals surface area contributed by atoms with E-state index in [0.717, 1.165) is 49.4 Å². The smallest absolute Gasteiger partial charge is 0.165 e. The first-order valence-electron chi connectivity index (χ1n) is 22.0. The van der Waals surface area contributed by atoms with Gasteiger partial charge in [-0.25, -0.2) is 15.0 Å². The molecule has 0 bridgehead atoms. The third-order valence-electron chi connectivity index (χ3n) is 12.9. The van der Waals surface area contributed by atoms with Gasteiger partial charge in [0, 0.05) is 36.9 Å². The maximum atomic E-state index is 5.44. The molecule has 11 aromatic carbocycles. The summed E-state index contributed by atoms with van der Waals surface area (Å²) in [6.07, 6.45) is 0. The summed E-state index contributed by atoms with van der Waals surface area (Å²) >= 11 is 1.79. The first-order valence-corrected chi connectivity index (χ1v) is 22.8. The quantitative estimate of drug-likeness (QED) is 0.167. The molecule has 302 valence electrons. The Morgan fingerprint density at radius 2 is 0.738 bits per heavy atom. The van der Waals surface area contributed by atoms with Gasteiger partial charge in [0.1, 0.15) is 0 Å². The second kappa shape index (κ2) is 15.2. The van der Waals surface area contributed by atoms with E-state index in [0.29, 0.717) is 17.5 Å². The Morgan fingerprint density at radius 3 is 1.43 bits per heavy atom. The largest absolute Gasteiger partial charge is 0.208 e. The number of fused-ring (bicyclic) bond motifs is 7. The average Bonchev–Trinajstić information content (AvgIpc) is 3.77. The van der Waals surface area contributed by atoms with E-state index >= 15 is 0 Å². The fraction of sp³-hybridized carbons (Fsp3) is 0. The minimum absolute atomic E-state index is 0.636. The topological polar surface area (TPSA) is 38.7 Å². The van der Waals surface area contributed by atoms with Gasteiger partial charge in [-0.1, -0.05) is 182 Å². The van der Waals surface area contributed by atoms with Gasteiger partial charge >= 0.3 is 0 Å². The average molecular weight is 844 g/mol. The summed E-state index contributed by atoms with van der Waals surface area (Å²) in [6.45, 7) is 0. The van der Waals surface area contributed by atoms with Gasteiger partial charge in [-0.2, -0.15) is 0 Å². The summed E-state index contributed by atoms with van der Waals surface area (Å²) in [6, 6.07) is 80.6. The Hall–Kier alpha value is -8.31. The molecule has 4 heteroatoms. The molecule has 0 N–H and O–H groups in total. The number of aromatic nitrogens is 3. The molecule has 2 heterocycles. The van der Waals surface area contributed by atoms with Gasteiger partial charge in [0.15, 0.2) is 17.5 Å². The van der Waals surface area contributed by atoms with E-state index in [9.17, 15) is 0 Å². The molecule has 0 aliphatic rings. The van der Waals surface area contributed by atoms with Gasteiger partial charge < -0.3 is 0 Å². The van der Waals surface area contributed by atoms with Crippen LogP contribution in [0.25, 0.3) is 131 Å². The van der Waals surface area contributed by atoms with Crippen LogP contribution in [0.2, 0.25) is 0 Å². The zero-order valence-electron chi connectivity index (χ0n) is 35.1. The van der Waals surface area contributed by atoms with Crippen molar-refractivity contribution in [3.8, 4) is 67.5 Å². The highest BCUT2D eigenvalue weighted by atomic mass is 32.1. The van der Waals surface area contributed by atoms with E-state index in [-0.39, 0.29) is 0 Å². The zero-order valence-corrected chi connectivity index (χ0v) is 35.9. The molecule has 3 nitrogen and oxygen atoms in total. The molecule has 0 fully saturated rings. The van der Waals surface area contributed by atoms with Crippen LogP contribution in [0, 0.1) is 0 Å². The number of benzene rings is 11. The maximum absolute atomic E-state index is 5.44. The second-order valence-electron chi connectivity index (χ2n) is 16.7. The summed E-state index contributed by atoms with van der Waals surface area (Å²) in [5, 5.41) is 11.8. The number of thiophene rings is 1. The van der Waals surface area contributed by atoms with Crippen molar-refractivity contribution in [2.24, 2.45) is 0 Å². The third kappa shape index (κ3) is 6.30. The van der Waals surface area contributed by atoms with Gasteiger partial charge in [-0.15, -0.1) is 11.3 Å². The normalized spacial score (nSPS) is 11.7. The molecule has 0 amide bonds. The summed E-state index contributed by atoms with van der Waals surface area (Å²) in [4.78, 5) is 16.3. The lowest BCUT2D eigenvalue weighted by Gasteiger charge is -2.16. The fourth-order valence-corrected chi connectivity index (χ4v) is 11.0. The predicted molar refractivity (Wildman–Crippen MR) is 275 cm³/mol. The van der Waals surface area contributed by atoms with Crippen molar-refractivity contribution < 1.29 is 0 Å². The molecule has 0 atom stereocenters.